The van der Waals surface area contributed by atoms with E-state index in [0.717, 1.165) is 11.3 Å². The molecule has 200 valence electrons. The van der Waals surface area contributed by atoms with Crippen molar-refractivity contribution in [2.24, 2.45) is 11.3 Å². The molecule has 2 aliphatic carbocycles. The zero-order valence-electron chi connectivity index (χ0n) is 20.6. The zero-order valence-corrected chi connectivity index (χ0v) is 21.4. The normalized spacial score (nSPS) is 22.6. The molecule has 2 aromatic rings. The predicted molar refractivity (Wildman–Crippen MR) is 134 cm³/mol. The first-order chi connectivity index (χ1) is 17.7. The summed E-state index contributed by atoms with van der Waals surface area (Å²) in [5.74, 6) is -2.54. The van der Waals surface area contributed by atoms with Crippen LogP contribution in [0.4, 0.5) is 14.5 Å². The third kappa shape index (κ3) is 6.23. The molecular formula is C26H32ClF2N5O3. The molecule has 1 saturated heterocycles. The average molecular weight is 536 g/mol. The molecule has 3 aliphatic rings. The molecule has 11 heteroatoms. The highest BCUT2D eigenvalue weighted by atomic mass is 35.5. The number of nitrogens with zero attached hydrogens (tertiary/aromatic N) is 3. The van der Waals surface area contributed by atoms with Crippen molar-refractivity contribution in [2.75, 3.05) is 38.0 Å². The van der Waals surface area contributed by atoms with E-state index in [-0.39, 0.29) is 42.5 Å². The first-order valence-electron chi connectivity index (χ1n) is 12.8. The quantitative estimate of drug-likeness (QED) is 0.532. The van der Waals surface area contributed by atoms with Crippen LogP contribution in [0, 0.1) is 11.3 Å². The molecule has 0 bridgehead atoms. The number of carbonyl (C=O) groups is 2. The standard InChI is InChI=1S/C26H32ClF2N5O3/c27-19-1-2-21(31-15-22-30-7-12-37-22)18(13-19)17-33-8-10-34(11-9-33)23(35)16-32-24(36)20-14-25(20)3-5-26(28,29)6-4-25/h1-2,7,12-13,20,31H,3-6,8-11,14-17H2,(H,32,36)/t20-/m0/s1. The van der Waals surface area contributed by atoms with E-state index in [9.17, 15) is 18.4 Å². The monoisotopic (exact) mass is 535 g/mol. The molecule has 1 atom stereocenters. The molecule has 2 amide bonds. The molecule has 0 radical (unpaired) electrons. The number of oxazole rings is 1. The van der Waals surface area contributed by atoms with E-state index in [1.165, 1.54) is 6.26 Å². The van der Waals surface area contributed by atoms with Gasteiger partial charge in [-0.05, 0) is 48.4 Å². The largest absolute Gasteiger partial charge is 0.447 e. The molecule has 1 aromatic carbocycles. The number of hydrogen-bond acceptors (Lipinski definition) is 6. The minimum Gasteiger partial charge on any atom is -0.447 e. The first-order valence-corrected chi connectivity index (χ1v) is 13.2. The third-order valence-electron chi connectivity index (χ3n) is 8.00. The lowest BCUT2D eigenvalue weighted by molar-refractivity contribution is -0.135. The lowest BCUT2D eigenvalue weighted by atomic mass is 9.82. The number of alkyl halides is 2. The minimum atomic E-state index is -2.60. The Hall–Kier alpha value is -2.72. The van der Waals surface area contributed by atoms with Crippen molar-refractivity contribution in [3.8, 4) is 0 Å². The highest BCUT2D eigenvalue weighted by Crippen LogP contribution is 2.63. The van der Waals surface area contributed by atoms with Gasteiger partial charge in [0, 0.05) is 62.2 Å². The van der Waals surface area contributed by atoms with Gasteiger partial charge >= 0.3 is 0 Å². The summed E-state index contributed by atoms with van der Waals surface area (Å²) in [6.07, 6.45) is 4.28. The van der Waals surface area contributed by atoms with Gasteiger partial charge in [0.15, 0.2) is 0 Å². The van der Waals surface area contributed by atoms with E-state index in [2.05, 4.69) is 20.5 Å². The average Bonchev–Trinajstić information content (AvgIpc) is 3.34. The lowest BCUT2D eigenvalue weighted by Crippen LogP contribution is -2.51. The van der Waals surface area contributed by atoms with Gasteiger partial charge in [-0.1, -0.05) is 11.6 Å². The van der Waals surface area contributed by atoms with Crippen LogP contribution in [0.3, 0.4) is 0 Å². The smallest absolute Gasteiger partial charge is 0.248 e. The van der Waals surface area contributed by atoms with Crippen molar-refractivity contribution in [3.05, 3.63) is 47.1 Å². The van der Waals surface area contributed by atoms with Crippen LogP contribution in [0.5, 0.6) is 0 Å². The predicted octanol–water partition coefficient (Wildman–Crippen LogP) is 3.92. The summed E-state index contributed by atoms with van der Waals surface area (Å²) in [6, 6.07) is 5.71. The highest BCUT2D eigenvalue weighted by Gasteiger charge is 2.60. The number of amides is 2. The van der Waals surface area contributed by atoms with E-state index in [1.807, 2.05) is 18.2 Å². The fourth-order valence-corrected chi connectivity index (χ4v) is 5.75. The van der Waals surface area contributed by atoms with Gasteiger partial charge in [-0.3, -0.25) is 14.5 Å². The van der Waals surface area contributed by atoms with Crippen LogP contribution >= 0.6 is 11.6 Å². The van der Waals surface area contributed by atoms with Gasteiger partial charge in [0.25, 0.3) is 0 Å². The van der Waals surface area contributed by atoms with Crippen molar-refractivity contribution in [2.45, 2.75) is 51.1 Å². The SMILES string of the molecule is O=C(NCC(=O)N1CCN(Cc2cc(Cl)ccc2NCc2ncco2)CC1)[C@@H]1CC12CCC(F)(F)CC2. The topological polar surface area (TPSA) is 90.7 Å². The van der Waals surface area contributed by atoms with Crippen LogP contribution in [0.2, 0.25) is 5.02 Å². The van der Waals surface area contributed by atoms with Gasteiger partial charge in [-0.2, -0.15) is 0 Å². The summed E-state index contributed by atoms with van der Waals surface area (Å²) < 4.78 is 32.2. The summed E-state index contributed by atoms with van der Waals surface area (Å²) in [5, 5.41) is 6.75. The van der Waals surface area contributed by atoms with Crippen LogP contribution in [-0.2, 0) is 22.7 Å². The van der Waals surface area contributed by atoms with E-state index in [4.69, 9.17) is 16.0 Å². The number of nitrogens with one attached hydrogen (secondary N) is 2. The molecule has 2 heterocycles. The van der Waals surface area contributed by atoms with E-state index in [1.54, 1.807) is 11.1 Å². The molecule has 1 aromatic heterocycles. The second kappa shape index (κ2) is 10.6. The fraction of sp³-hybridized carbons (Fsp3) is 0.577. The maximum Gasteiger partial charge on any atom is 0.248 e. The lowest BCUT2D eigenvalue weighted by Gasteiger charge is -2.35. The Balaban J connectivity index is 1.06. The Morgan fingerprint density at radius 3 is 2.59 bits per heavy atom. The van der Waals surface area contributed by atoms with Crippen LogP contribution in [0.1, 0.15) is 43.6 Å². The van der Waals surface area contributed by atoms with E-state index >= 15 is 0 Å². The summed E-state index contributed by atoms with van der Waals surface area (Å²) in [7, 11) is 0. The van der Waals surface area contributed by atoms with Gasteiger partial charge in [-0.15, -0.1) is 0 Å². The Bertz CT molecular complexity index is 1110. The van der Waals surface area contributed by atoms with Crippen LogP contribution in [-0.4, -0.2) is 65.2 Å². The third-order valence-corrected chi connectivity index (χ3v) is 8.23. The van der Waals surface area contributed by atoms with Gasteiger partial charge < -0.3 is 20.0 Å². The summed E-state index contributed by atoms with van der Waals surface area (Å²) in [4.78, 5) is 33.4. The van der Waals surface area contributed by atoms with E-state index in [0.29, 0.717) is 69.4 Å². The number of rotatable bonds is 8. The van der Waals surface area contributed by atoms with Crippen LogP contribution in [0.15, 0.2) is 35.1 Å². The molecule has 37 heavy (non-hydrogen) atoms. The van der Waals surface area contributed by atoms with Crippen molar-refractivity contribution in [3.63, 3.8) is 0 Å². The van der Waals surface area contributed by atoms with Crippen LogP contribution < -0.4 is 10.6 Å². The molecule has 2 N–H and O–H groups in total. The van der Waals surface area contributed by atoms with Crippen molar-refractivity contribution < 1.29 is 22.8 Å². The molecule has 8 nitrogen and oxygen atoms in total. The Kier molecular flexibility index (Phi) is 7.40. The van der Waals surface area contributed by atoms with Crippen molar-refractivity contribution in [1.29, 1.82) is 0 Å². The number of halogens is 3. The Morgan fingerprint density at radius 1 is 1.14 bits per heavy atom. The van der Waals surface area contributed by atoms with Crippen molar-refractivity contribution in [1.82, 2.24) is 20.1 Å². The van der Waals surface area contributed by atoms with Gasteiger partial charge in [0.05, 0.1) is 19.3 Å². The highest BCUT2D eigenvalue weighted by molar-refractivity contribution is 6.30. The molecule has 1 aliphatic heterocycles. The molecule has 1 spiro atoms. The Morgan fingerprint density at radius 2 is 1.89 bits per heavy atom. The van der Waals surface area contributed by atoms with E-state index < -0.39 is 5.92 Å². The maximum atomic E-state index is 13.5. The van der Waals surface area contributed by atoms with Gasteiger partial charge in [-0.25, -0.2) is 13.8 Å². The Labute approximate surface area is 219 Å². The second-order valence-electron chi connectivity index (χ2n) is 10.4. The molecule has 2 saturated carbocycles. The van der Waals surface area contributed by atoms with Crippen molar-refractivity contribution >= 4 is 29.1 Å². The maximum absolute atomic E-state index is 13.5. The molecule has 0 unspecified atom stereocenters. The summed E-state index contributed by atoms with van der Waals surface area (Å²) in [5.41, 5.74) is 1.72. The number of carbonyl (C=O) groups excluding carboxylic acids is 2. The zero-order chi connectivity index (χ0) is 26.0. The second-order valence-corrected chi connectivity index (χ2v) is 10.9. The first kappa shape index (κ1) is 25.9. The molecular weight excluding hydrogens is 504 g/mol. The minimum absolute atomic E-state index is 0.0508. The van der Waals surface area contributed by atoms with Crippen LogP contribution in [0.25, 0.3) is 0 Å². The molecule has 5 rings (SSSR count). The number of hydrogen-bond donors (Lipinski definition) is 2. The number of benzene rings is 1. The number of anilines is 1. The molecule has 3 fully saturated rings. The number of piperazine rings is 1. The van der Waals surface area contributed by atoms with Gasteiger partial charge in [0.1, 0.15) is 6.26 Å². The fourth-order valence-electron chi connectivity index (χ4n) is 5.56. The van der Waals surface area contributed by atoms with Gasteiger partial charge in [0.2, 0.25) is 23.6 Å². The number of aromatic nitrogens is 1. The summed E-state index contributed by atoms with van der Waals surface area (Å²) in [6.45, 7) is 3.62. The summed E-state index contributed by atoms with van der Waals surface area (Å²) >= 11 is 6.25.